The molecule has 1 N–H and O–H groups in total. The average molecular weight is 231 g/mol. The Morgan fingerprint density at radius 2 is 2.00 bits per heavy atom. The average Bonchev–Trinajstić information content (AvgIpc) is 2.69. The van der Waals surface area contributed by atoms with Gasteiger partial charge in [-0.1, -0.05) is 31.5 Å². The fourth-order valence-electron chi connectivity index (χ4n) is 2.16. The lowest BCUT2D eigenvalue weighted by Crippen LogP contribution is -2.38. The van der Waals surface area contributed by atoms with Gasteiger partial charge < -0.3 is 9.73 Å². The van der Waals surface area contributed by atoms with Crippen LogP contribution in [0.3, 0.4) is 0 Å². The Kier molecular flexibility index (Phi) is 3.53. The molecule has 2 rings (SSSR count). The van der Waals surface area contributed by atoms with Crippen molar-refractivity contribution < 1.29 is 4.42 Å². The number of rotatable bonds is 5. The first-order valence-electron chi connectivity index (χ1n) is 6.33. The van der Waals surface area contributed by atoms with Gasteiger partial charge in [0.2, 0.25) is 0 Å². The van der Waals surface area contributed by atoms with E-state index in [0.29, 0.717) is 0 Å². The Bertz CT molecular complexity index is 451. The maximum atomic E-state index is 5.78. The third kappa shape index (κ3) is 3.10. The van der Waals surface area contributed by atoms with Crippen LogP contribution in [0.2, 0.25) is 0 Å². The van der Waals surface area contributed by atoms with E-state index in [9.17, 15) is 0 Å². The highest BCUT2D eigenvalue weighted by Gasteiger charge is 2.16. The van der Waals surface area contributed by atoms with E-state index in [-0.39, 0.29) is 5.54 Å². The van der Waals surface area contributed by atoms with Crippen molar-refractivity contribution in [1.82, 2.24) is 5.32 Å². The topological polar surface area (TPSA) is 25.2 Å². The van der Waals surface area contributed by atoms with Crippen LogP contribution in [-0.4, -0.2) is 5.54 Å². The minimum Gasteiger partial charge on any atom is -0.460 e. The van der Waals surface area contributed by atoms with E-state index in [2.05, 4.69) is 38.2 Å². The van der Waals surface area contributed by atoms with Crippen molar-refractivity contribution in [2.75, 3.05) is 0 Å². The smallest absolute Gasteiger partial charge is 0.134 e. The summed E-state index contributed by atoms with van der Waals surface area (Å²) in [5, 5.41) is 4.72. The van der Waals surface area contributed by atoms with Crippen LogP contribution in [0.25, 0.3) is 11.0 Å². The monoisotopic (exact) mass is 231 g/mol. The number of fused-ring (bicyclic) bond motifs is 1. The first kappa shape index (κ1) is 12.2. The number of benzene rings is 1. The van der Waals surface area contributed by atoms with Crippen LogP contribution < -0.4 is 5.32 Å². The van der Waals surface area contributed by atoms with Crippen molar-refractivity contribution in [3.63, 3.8) is 0 Å². The first-order chi connectivity index (χ1) is 8.11. The molecule has 0 aliphatic heterocycles. The highest BCUT2D eigenvalue weighted by Crippen LogP contribution is 2.19. The van der Waals surface area contributed by atoms with Crippen molar-refractivity contribution in [2.24, 2.45) is 0 Å². The molecule has 0 amide bonds. The van der Waals surface area contributed by atoms with E-state index in [0.717, 1.165) is 17.9 Å². The summed E-state index contributed by atoms with van der Waals surface area (Å²) in [6.07, 6.45) is 2.37. The van der Waals surface area contributed by atoms with Crippen molar-refractivity contribution in [3.8, 4) is 0 Å². The van der Waals surface area contributed by atoms with E-state index < -0.39 is 0 Å². The van der Waals surface area contributed by atoms with Gasteiger partial charge in [-0.2, -0.15) is 0 Å². The minimum absolute atomic E-state index is 0.174. The van der Waals surface area contributed by atoms with Gasteiger partial charge in [0, 0.05) is 10.9 Å². The van der Waals surface area contributed by atoms with Gasteiger partial charge in [0.05, 0.1) is 6.54 Å². The van der Waals surface area contributed by atoms with Gasteiger partial charge in [-0.15, -0.1) is 0 Å². The van der Waals surface area contributed by atoms with Crippen LogP contribution >= 0.6 is 0 Å². The Hall–Kier alpha value is -1.28. The molecule has 1 heterocycles. The second-order valence-corrected chi connectivity index (χ2v) is 5.24. The number of hydrogen-bond donors (Lipinski definition) is 1. The third-order valence-corrected chi connectivity index (χ3v) is 3.09. The van der Waals surface area contributed by atoms with E-state index in [1.165, 1.54) is 18.2 Å². The molecule has 1 aromatic heterocycles. The van der Waals surface area contributed by atoms with E-state index >= 15 is 0 Å². The zero-order valence-corrected chi connectivity index (χ0v) is 10.9. The quantitative estimate of drug-likeness (QED) is 0.838. The van der Waals surface area contributed by atoms with Gasteiger partial charge in [0.25, 0.3) is 0 Å². The van der Waals surface area contributed by atoms with Crippen molar-refractivity contribution >= 4 is 11.0 Å². The zero-order valence-electron chi connectivity index (χ0n) is 10.9. The van der Waals surface area contributed by atoms with E-state index in [1.54, 1.807) is 0 Å². The van der Waals surface area contributed by atoms with Crippen molar-refractivity contribution in [3.05, 3.63) is 36.1 Å². The molecule has 2 nitrogen and oxygen atoms in total. The summed E-state index contributed by atoms with van der Waals surface area (Å²) in [5.41, 5.74) is 1.14. The predicted molar refractivity (Wildman–Crippen MR) is 72.0 cm³/mol. The van der Waals surface area contributed by atoms with Gasteiger partial charge in [0.15, 0.2) is 0 Å². The number of furan rings is 1. The second-order valence-electron chi connectivity index (χ2n) is 5.24. The molecule has 0 aliphatic rings. The summed E-state index contributed by atoms with van der Waals surface area (Å²) in [4.78, 5) is 0. The summed E-state index contributed by atoms with van der Waals surface area (Å²) in [7, 11) is 0. The molecule has 0 aliphatic carbocycles. The SMILES string of the molecule is CCCC(C)(C)NCc1cc2ccccc2o1. The lowest BCUT2D eigenvalue weighted by atomic mass is 9.99. The highest BCUT2D eigenvalue weighted by atomic mass is 16.3. The van der Waals surface area contributed by atoms with Gasteiger partial charge in [-0.25, -0.2) is 0 Å². The maximum absolute atomic E-state index is 5.78. The zero-order chi connectivity index (χ0) is 12.3. The molecule has 0 atom stereocenters. The van der Waals surface area contributed by atoms with Gasteiger partial charge >= 0.3 is 0 Å². The Morgan fingerprint density at radius 3 is 2.71 bits per heavy atom. The Labute approximate surface area is 103 Å². The summed E-state index contributed by atoms with van der Waals surface area (Å²) in [5.74, 6) is 1.01. The summed E-state index contributed by atoms with van der Waals surface area (Å²) in [6, 6.07) is 10.3. The second kappa shape index (κ2) is 4.92. The molecule has 0 saturated heterocycles. The highest BCUT2D eigenvalue weighted by molar-refractivity contribution is 5.77. The van der Waals surface area contributed by atoms with Gasteiger partial charge in [-0.05, 0) is 32.4 Å². The van der Waals surface area contributed by atoms with E-state index in [4.69, 9.17) is 4.42 Å². The molecular weight excluding hydrogens is 210 g/mol. The van der Waals surface area contributed by atoms with Gasteiger partial charge in [0.1, 0.15) is 11.3 Å². The molecular formula is C15H21NO. The minimum atomic E-state index is 0.174. The number of nitrogens with one attached hydrogen (secondary N) is 1. The van der Waals surface area contributed by atoms with Crippen molar-refractivity contribution in [2.45, 2.75) is 45.7 Å². The van der Waals surface area contributed by atoms with Crippen LogP contribution in [0.1, 0.15) is 39.4 Å². The number of para-hydroxylation sites is 1. The largest absolute Gasteiger partial charge is 0.460 e. The predicted octanol–water partition coefficient (Wildman–Crippen LogP) is 4.10. The van der Waals surface area contributed by atoms with Crippen LogP contribution in [0, 0.1) is 0 Å². The molecule has 0 bridgehead atoms. The van der Waals surface area contributed by atoms with Crippen LogP contribution in [0.4, 0.5) is 0 Å². The molecule has 0 radical (unpaired) electrons. The molecule has 0 unspecified atom stereocenters. The maximum Gasteiger partial charge on any atom is 0.134 e. The molecule has 92 valence electrons. The molecule has 17 heavy (non-hydrogen) atoms. The first-order valence-corrected chi connectivity index (χ1v) is 6.33. The van der Waals surface area contributed by atoms with Gasteiger partial charge in [-0.3, -0.25) is 0 Å². The molecule has 0 fully saturated rings. The molecule has 1 aromatic carbocycles. The fourth-order valence-corrected chi connectivity index (χ4v) is 2.16. The van der Waals surface area contributed by atoms with Crippen LogP contribution in [-0.2, 0) is 6.54 Å². The number of hydrogen-bond acceptors (Lipinski definition) is 2. The lowest BCUT2D eigenvalue weighted by molar-refractivity contribution is 0.341. The Morgan fingerprint density at radius 1 is 1.24 bits per heavy atom. The Balaban J connectivity index is 2.04. The normalized spacial score (nSPS) is 12.2. The standard InChI is InChI=1S/C15H21NO/c1-4-9-15(2,3)16-11-13-10-12-7-5-6-8-14(12)17-13/h5-8,10,16H,4,9,11H2,1-3H3. The summed E-state index contributed by atoms with van der Waals surface area (Å²) >= 11 is 0. The van der Waals surface area contributed by atoms with Crippen molar-refractivity contribution in [1.29, 1.82) is 0 Å². The fraction of sp³-hybridized carbons (Fsp3) is 0.467. The van der Waals surface area contributed by atoms with Crippen LogP contribution in [0.15, 0.2) is 34.7 Å². The van der Waals surface area contributed by atoms with Crippen LogP contribution in [0.5, 0.6) is 0 Å². The summed E-state index contributed by atoms with van der Waals surface area (Å²) in [6.45, 7) is 7.48. The summed E-state index contributed by atoms with van der Waals surface area (Å²) < 4.78 is 5.78. The third-order valence-electron chi connectivity index (χ3n) is 3.09. The molecule has 2 heteroatoms. The molecule has 2 aromatic rings. The molecule has 0 saturated carbocycles. The van der Waals surface area contributed by atoms with E-state index in [1.807, 2.05) is 18.2 Å². The molecule has 0 spiro atoms. The lowest BCUT2D eigenvalue weighted by Gasteiger charge is -2.25.